The molecule has 0 bridgehead atoms. The normalized spacial score (nSPS) is 16.0. The number of ether oxygens (including phenoxy) is 3. The molecule has 4 heteroatoms. The van der Waals surface area contributed by atoms with E-state index in [9.17, 15) is 4.79 Å². The molecule has 0 saturated heterocycles. The SMILES string of the molecule is COC(=O)c1ccc(OC)c(OC2CCc3ccccc32)c1. The smallest absolute Gasteiger partial charge is 0.337 e. The number of fused-ring (bicyclic) bond motifs is 1. The molecule has 0 fully saturated rings. The van der Waals surface area contributed by atoms with Crippen LogP contribution >= 0.6 is 0 Å². The Labute approximate surface area is 129 Å². The van der Waals surface area contributed by atoms with E-state index in [1.807, 2.05) is 12.1 Å². The van der Waals surface area contributed by atoms with Crippen molar-refractivity contribution in [2.24, 2.45) is 0 Å². The van der Waals surface area contributed by atoms with Crippen LogP contribution in [0.2, 0.25) is 0 Å². The summed E-state index contributed by atoms with van der Waals surface area (Å²) in [4.78, 5) is 11.7. The summed E-state index contributed by atoms with van der Waals surface area (Å²) in [5, 5.41) is 0. The second-order valence-electron chi connectivity index (χ2n) is 5.20. The minimum Gasteiger partial charge on any atom is -0.493 e. The second-order valence-corrected chi connectivity index (χ2v) is 5.20. The molecule has 2 aromatic carbocycles. The summed E-state index contributed by atoms with van der Waals surface area (Å²) < 4.78 is 16.2. The van der Waals surface area contributed by atoms with Gasteiger partial charge in [0.25, 0.3) is 0 Å². The van der Waals surface area contributed by atoms with Gasteiger partial charge in [-0.05, 0) is 42.2 Å². The van der Waals surface area contributed by atoms with Gasteiger partial charge in [0, 0.05) is 0 Å². The Morgan fingerprint density at radius 2 is 1.91 bits per heavy atom. The first-order valence-electron chi connectivity index (χ1n) is 7.23. The van der Waals surface area contributed by atoms with Crippen molar-refractivity contribution in [2.75, 3.05) is 14.2 Å². The van der Waals surface area contributed by atoms with E-state index in [2.05, 4.69) is 12.1 Å². The lowest BCUT2D eigenvalue weighted by Crippen LogP contribution is -2.07. The fraction of sp³-hybridized carbons (Fsp3) is 0.278. The summed E-state index contributed by atoms with van der Waals surface area (Å²) in [7, 11) is 2.95. The third-order valence-corrected chi connectivity index (χ3v) is 3.93. The summed E-state index contributed by atoms with van der Waals surface area (Å²) in [6.45, 7) is 0. The number of aryl methyl sites for hydroxylation is 1. The van der Waals surface area contributed by atoms with E-state index in [0.717, 1.165) is 12.8 Å². The van der Waals surface area contributed by atoms with Crippen molar-refractivity contribution in [2.45, 2.75) is 18.9 Å². The van der Waals surface area contributed by atoms with Crippen LogP contribution in [0.25, 0.3) is 0 Å². The Morgan fingerprint density at radius 1 is 1.09 bits per heavy atom. The number of esters is 1. The molecule has 0 radical (unpaired) electrons. The Bertz CT molecular complexity index is 693. The Kier molecular flexibility index (Phi) is 4.00. The van der Waals surface area contributed by atoms with Gasteiger partial charge in [-0.3, -0.25) is 0 Å². The average molecular weight is 298 g/mol. The van der Waals surface area contributed by atoms with Gasteiger partial charge in [-0.1, -0.05) is 24.3 Å². The topological polar surface area (TPSA) is 44.8 Å². The fourth-order valence-electron chi connectivity index (χ4n) is 2.81. The second kappa shape index (κ2) is 6.10. The van der Waals surface area contributed by atoms with Gasteiger partial charge in [0.05, 0.1) is 19.8 Å². The van der Waals surface area contributed by atoms with Gasteiger partial charge in [0.2, 0.25) is 0 Å². The molecule has 0 aromatic heterocycles. The molecule has 0 saturated carbocycles. The van der Waals surface area contributed by atoms with Gasteiger partial charge in [0.15, 0.2) is 11.5 Å². The largest absolute Gasteiger partial charge is 0.493 e. The van der Waals surface area contributed by atoms with E-state index in [0.29, 0.717) is 17.1 Å². The quantitative estimate of drug-likeness (QED) is 0.810. The molecule has 0 heterocycles. The maximum atomic E-state index is 11.7. The van der Waals surface area contributed by atoms with E-state index in [4.69, 9.17) is 14.2 Å². The lowest BCUT2D eigenvalue weighted by Gasteiger charge is -2.17. The summed E-state index contributed by atoms with van der Waals surface area (Å²) in [5.41, 5.74) is 2.97. The zero-order valence-corrected chi connectivity index (χ0v) is 12.7. The van der Waals surface area contributed by atoms with E-state index in [1.54, 1.807) is 25.3 Å². The van der Waals surface area contributed by atoms with E-state index in [1.165, 1.54) is 18.2 Å². The van der Waals surface area contributed by atoms with Crippen LogP contribution in [0.1, 0.15) is 34.0 Å². The third kappa shape index (κ3) is 2.64. The van der Waals surface area contributed by atoms with Crippen LogP contribution in [-0.4, -0.2) is 20.2 Å². The van der Waals surface area contributed by atoms with Crippen LogP contribution in [0.3, 0.4) is 0 Å². The highest BCUT2D eigenvalue weighted by molar-refractivity contribution is 5.90. The van der Waals surface area contributed by atoms with Gasteiger partial charge < -0.3 is 14.2 Å². The van der Waals surface area contributed by atoms with Crippen molar-refractivity contribution < 1.29 is 19.0 Å². The Balaban J connectivity index is 1.90. The van der Waals surface area contributed by atoms with Crippen LogP contribution in [0.15, 0.2) is 42.5 Å². The molecule has 114 valence electrons. The van der Waals surface area contributed by atoms with Crippen LogP contribution < -0.4 is 9.47 Å². The molecular weight excluding hydrogens is 280 g/mol. The minimum atomic E-state index is -0.390. The standard InChI is InChI=1S/C18H18O4/c1-20-16-10-8-13(18(19)21-2)11-17(16)22-15-9-7-12-5-3-4-6-14(12)15/h3-6,8,10-11,15H,7,9H2,1-2H3. The van der Waals surface area contributed by atoms with Gasteiger partial charge in [-0.2, -0.15) is 0 Å². The van der Waals surface area contributed by atoms with Crippen molar-refractivity contribution in [3.8, 4) is 11.5 Å². The molecule has 0 N–H and O–H groups in total. The Hall–Kier alpha value is -2.49. The van der Waals surface area contributed by atoms with Crippen molar-refractivity contribution in [1.82, 2.24) is 0 Å². The maximum absolute atomic E-state index is 11.7. The zero-order chi connectivity index (χ0) is 15.5. The molecule has 0 spiro atoms. The average Bonchev–Trinajstić information content (AvgIpc) is 2.97. The molecule has 1 aliphatic carbocycles. The van der Waals surface area contributed by atoms with Gasteiger partial charge in [-0.25, -0.2) is 4.79 Å². The van der Waals surface area contributed by atoms with Crippen LogP contribution in [-0.2, 0) is 11.2 Å². The summed E-state index contributed by atoms with van der Waals surface area (Å²) in [6.07, 6.45) is 1.91. The monoisotopic (exact) mass is 298 g/mol. The minimum absolute atomic E-state index is 0.0157. The lowest BCUT2D eigenvalue weighted by molar-refractivity contribution is 0.0599. The van der Waals surface area contributed by atoms with E-state index < -0.39 is 0 Å². The van der Waals surface area contributed by atoms with Gasteiger partial charge in [-0.15, -0.1) is 0 Å². The van der Waals surface area contributed by atoms with Crippen LogP contribution in [0.5, 0.6) is 11.5 Å². The predicted octanol–water partition coefficient (Wildman–Crippen LogP) is 3.55. The first-order chi connectivity index (χ1) is 10.7. The van der Waals surface area contributed by atoms with Gasteiger partial charge >= 0.3 is 5.97 Å². The first kappa shape index (κ1) is 14.4. The number of benzene rings is 2. The predicted molar refractivity (Wildman–Crippen MR) is 82.5 cm³/mol. The number of carbonyl (C=O) groups excluding carboxylic acids is 1. The zero-order valence-electron chi connectivity index (χ0n) is 12.7. The molecule has 1 unspecified atom stereocenters. The Morgan fingerprint density at radius 3 is 2.68 bits per heavy atom. The highest BCUT2D eigenvalue weighted by atomic mass is 16.5. The molecule has 4 nitrogen and oxygen atoms in total. The molecule has 0 aliphatic heterocycles. The third-order valence-electron chi connectivity index (χ3n) is 3.93. The van der Waals surface area contributed by atoms with Crippen LogP contribution in [0.4, 0.5) is 0 Å². The van der Waals surface area contributed by atoms with E-state index in [-0.39, 0.29) is 12.1 Å². The fourth-order valence-corrected chi connectivity index (χ4v) is 2.81. The van der Waals surface area contributed by atoms with E-state index >= 15 is 0 Å². The molecule has 1 atom stereocenters. The van der Waals surface area contributed by atoms with Crippen molar-refractivity contribution in [3.63, 3.8) is 0 Å². The van der Waals surface area contributed by atoms with Crippen LogP contribution in [0, 0.1) is 0 Å². The number of hydrogen-bond donors (Lipinski definition) is 0. The van der Waals surface area contributed by atoms with Crippen molar-refractivity contribution in [3.05, 3.63) is 59.2 Å². The number of carbonyl (C=O) groups is 1. The highest BCUT2D eigenvalue weighted by Gasteiger charge is 2.25. The number of methoxy groups -OCH3 is 2. The summed E-state index contributed by atoms with van der Waals surface area (Å²) in [6, 6.07) is 13.3. The molecular formula is C18H18O4. The molecule has 22 heavy (non-hydrogen) atoms. The molecule has 3 rings (SSSR count). The lowest BCUT2D eigenvalue weighted by atomic mass is 10.1. The first-order valence-corrected chi connectivity index (χ1v) is 7.23. The number of hydrogen-bond acceptors (Lipinski definition) is 4. The number of rotatable bonds is 4. The van der Waals surface area contributed by atoms with Crippen molar-refractivity contribution >= 4 is 5.97 Å². The summed E-state index contributed by atoms with van der Waals surface area (Å²) in [5.74, 6) is 0.781. The van der Waals surface area contributed by atoms with Gasteiger partial charge in [0.1, 0.15) is 6.10 Å². The molecule has 2 aromatic rings. The molecule has 1 aliphatic rings. The highest BCUT2D eigenvalue weighted by Crippen LogP contribution is 2.38. The molecule has 0 amide bonds. The maximum Gasteiger partial charge on any atom is 0.337 e. The summed E-state index contributed by atoms with van der Waals surface area (Å²) >= 11 is 0. The van der Waals surface area contributed by atoms with Crippen molar-refractivity contribution in [1.29, 1.82) is 0 Å².